The Balaban J connectivity index is 0.00000306. The van der Waals surface area contributed by atoms with Gasteiger partial charge >= 0.3 is 0 Å². The predicted octanol–water partition coefficient (Wildman–Crippen LogP) is 2.31. The van der Waals surface area contributed by atoms with Gasteiger partial charge in [0.05, 0.1) is 13.2 Å². The van der Waals surface area contributed by atoms with E-state index >= 15 is 0 Å². The zero-order valence-electron chi connectivity index (χ0n) is 19.4. The first-order chi connectivity index (χ1) is 15.8. The Morgan fingerprint density at radius 2 is 1.79 bits per heavy atom. The van der Waals surface area contributed by atoms with Gasteiger partial charge in [0.25, 0.3) is 0 Å². The molecule has 1 aromatic carbocycles. The van der Waals surface area contributed by atoms with Crippen molar-refractivity contribution in [1.82, 2.24) is 20.1 Å². The monoisotopic (exact) mass is 566 g/mol. The van der Waals surface area contributed by atoms with E-state index in [1.165, 1.54) is 0 Å². The van der Waals surface area contributed by atoms with Crippen LogP contribution in [0.25, 0.3) is 0 Å². The zero-order chi connectivity index (χ0) is 22.0. The normalized spacial score (nSPS) is 17.4. The van der Waals surface area contributed by atoms with E-state index in [1.54, 1.807) is 0 Å². The molecule has 2 aromatic rings. The van der Waals surface area contributed by atoms with Gasteiger partial charge in [-0.2, -0.15) is 0 Å². The molecule has 2 aliphatic rings. The molecular formula is C24H35IN6O2. The molecule has 33 heavy (non-hydrogen) atoms. The second-order valence-corrected chi connectivity index (χ2v) is 7.97. The highest BCUT2D eigenvalue weighted by atomic mass is 127. The molecule has 9 heteroatoms. The van der Waals surface area contributed by atoms with Crippen molar-refractivity contribution < 1.29 is 9.47 Å². The molecule has 2 saturated heterocycles. The lowest BCUT2D eigenvalue weighted by atomic mass is 10.2. The average Bonchev–Trinajstić information content (AvgIpc) is 2.87. The van der Waals surface area contributed by atoms with Crippen molar-refractivity contribution in [2.24, 2.45) is 4.99 Å². The molecule has 8 nitrogen and oxygen atoms in total. The molecule has 3 heterocycles. The van der Waals surface area contributed by atoms with Crippen molar-refractivity contribution in [3.8, 4) is 5.75 Å². The Bertz CT molecular complexity index is 855. The number of morpholine rings is 1. The maximum absolute atomic E-state index is 6.12. The number of halogens is 1. The van der Waals surface area contributed by atoms with Crippen LogP contribution in [0.4, 0.5) is 5.82 Å². The molecule has 1 N–H and O–H groups in total. The summed E-state index contributed by atoms with van der Waals surface area (Å²) in [6.45, 7) is 9.56. The number of anilines is 1. The SMILES string of the molecule is CN=C(NCc1ccccc1OCCN1CCOCC1)N1CCN(c2ccccn2)CC1.I. The van der Waals surface area contributed by atoms with Gasteiger partial charge in [-0.1, -0.05) is 24.3 Å². The number of hydrogen-bond acceptors (Lipinski definition) is 6. The van der Waals surface area contributed by atoms with Crippen molar-refractivity contribution in [1.29, 1.82) is 0 Å². The molecule has 0 bridgehead atoms. The first kappa shape index (κ1) is 25.5. The van der Waals surface area contributed by atoms with Gasteiger partial charge in [-0.3, -0.25) is 9.89 Å². The summed E-state index contributed by atoms with van der Waals surface area (Å²) in [6.07, 6.45) is 1.85. The number of benzene rings is 1. The fraction of sp³-hybridized carbons (Fsp3) is 0.500. The number of ether oxygens (including phenoxy) is 2. The molecule has 0 radical (unpaired) electrons. The van der Waals surface area contributed by atoms with Gasteiger partial charge in [-0.05, 0) is 18.2 Å². The van der Waals surface area contributed by atoms with E-state index in [2.05, 4.69) is 48.2 Å². The predicted molar refractivity (Wildman–Crippen MR) is 143 cm³/mol. The first-order valence-electron chi connectivity index (χ1n) is 11.5. The van der Waals surface area contributed by atoms with E-state index in [0.29, 0.717) is 13.2 Å². The van der Waals surface area contributed by atoms with Gasteiger partial charge in [-0.25, -0.2) is 4.98 Å². The van der Waals surface area contributed by atoms with E-state index < -0.39 is 0 Å². The van der Waals surface area contributed by atoms with Gasteiger partial charge in [-0.15, -0.1) is 24.0 Å². The number of pyridine rings is 1. The Hall–Kier alpha value is -2.11. The van der Waals surface area contributed by atoms with Gasteiger partial charge in [0.15, 0.2) is 5.96 Å². The Kier molecular flexibility index (Phi) is 10.5. The fourth-order valence-electron chi connectivity index (χ4n) is 4.09. The van der Waals surface area contributed by atoms with Crippen LogP contribution < -0.4 is 15.0 Å². The number of aliphatic imine (C=N–C) groups is 1. The van der Waals surface area contributed by atoms with Crippen LogP contribution >= 0.6 is 24.0 Å². The highest BCUT2D eigenvalue weighted by molar-refractivity contribution is 14.0. The maximum atomic E-state index is 6.12. The zero-order valence-corrected chi connectivity index (χ0v) is 21.7. The summed E-state index contributed by atoms with van der Waals surface area (Å²) in [4.78, 5) is 16.0. The van der Waals surface area contributed by atoms with E-state index in [-0.39, 0.29) is 24.0 Å². The van der Waals surface area contributed by atoms with Gasteiger partial charge in [0.1, 0.15) is 18.2 Å². The van der Waals surface area contributed by atoms with Gasteiger partial charge < -0.3 is 24.6 Å². The second kappa shape index (κ2) is 13.6. The summed E-state index contributed by atoms with van der Waals surface area (Å²) in [5, 5.41) is 3.53. The minimum atomic E-state index is 0. The highest BCUT2D eigenvalue weighted by Gasteiger charge is 2.20. The summed E-state index contributed by atoms with van der Waals surface area (Å²) in [5.74, 6) is 2.90. The molecule has 1 aromatic heterocycles. The molecule has 0 spiro atoms. The lowest BCUT2D eigenvalue weighted by Gasteiger charge is -2.37. The van der Waals surface area contributed by atoms with Crippen molar-refractivity contribution >= 4 is 35.8 Å². The Morgan fingerprint density at radius 3 is 2.52 bits per heavy atom. The summed E-state index contributed by atoms with van der Waals surface area (Å²) in [5.41, 5.74) is 1.14. The number of hydrogen-bond donors (Lipinski definition) is 1. The minimum Gasteiger partial charge on any atom is -0.492 e. The number of nitrogens with one attached hydrogen (secondary N) is 1. The molecule has 0 amide bonds. The lowest BCUT2D eigenvalue weighted by Crippen LogP contribution is -2.52. The Morgan fingerprint density at radius 1 is 1.03 bits per heavy atom. The smallest absolute Gasteiger partial charge is 0.194 e. The van der Waals surface area contributed by atoms with E-state index in [9.17, 15) is 0 Å². The summed E-state index contributed by atoms with van der Waals surface area (Å²) >= 11 is 0. The molecule has 2 aliphatic heterocycles. The first-order valence-corrected chi connectivity index (χ1v) is 11.5. The number of piperazine rings is 1. The molecule has 0 unspecified atom stereocenters. The van der Waals surface area contributed by atoms with Gasteiger partial charge in [0, 0.05) is 71.2 Å². The number of aromatic nitrogens is 1. The summed E-state index contributed by atoms with van der Waals surface area (Å²) in [6, 6.07) is 14.3. The minimum absolute atomic E-state index is 0. The standard InChI is InChI=1S/C24H34N6O2.HI/c1-25-24(30-12-10-29(11-13-30)23-8-4-5-9-26-23)27-20-21-6-2-3-7-22(21)32-19-16-28-14-17-31-18-15-28;/h2-9H,10-20H2,1H3,(H,25,27);1H. The molecular weight excluding hydrogens is 531 g/mol. The lowest BCUT2D eigenvalue weighted by molar-refractivity contribution is 0.0322. The van der Waals surface area contributed by atoms with Gasteiger partial charge in [0.2, 0.25) is 0 Å². The highest BCUT2D eigenvalue weighted by Crippen LogP contribution is 2.18. The van der Waals surface area contributed by atoms with Crippen LogP contribution in [-0.2, 0) is 11.3 Å². The number of guanidine groups is 1. The molecule has 4 rings (SSSR count). The molecule has 0 atom stereocenters. The second-order valence-electron chi connectivity index (χ2n) is 7.97. The fourth-order valence-corrected chi connectivity index (χ4v) is 4.09. The van der Waals surface area contributed by atoms with Crippen LogP contribution in [0.15, 0.2) is 53.7 Å². The van der Waals surface area contributed by atoms with Crippen LogP contribution in [0.5, 0.6) is 5.75 Å². The van der Waals surface area contributed by atoms with Crippen LogP contribution in [-0.4, -0.2) is 93.4 Å². The third kappa shape index (κ3) is 7.44. The summed E-state index contributed by atoms with van der Waals surface area (Å²) < 4.78 is 11.5. The average molecular weight is 566 g/mol. The maximum Gasteiger partial charge on any atom is 0.194 e. The van der Waals surface area contributed by atoms with Crippen LogP contribution in [0.1, 0.15) is 5.56 Å². The quantitative estimate of drug-likeness (QED) is 0.314. The van der Waals surface area contributed by atoms with Crippen LogP contribution in [0.2, 0.25) is 0 Å². The van der Waals surface area contributed by atoms with E-state index in [4.69, 9.17) is 9.47 Å². The van der Waals surface area contributed by atoms with Crippen LogP contribution in [0, 0.1) is 0 Å². The van der Waals surface area contributed by atoms with Crippen molar-refractivity contribution in [3.05, 3.63) is 54.2 Å². The third-order valence-electron chi connectivity index (χ3n) is 5.94. The molecule has 0 aliphatic carbocycles. The molecule has 180 valence electrons. The van der Waals surface area contributed by atoms with E-state index in [0.717, 1.165) is 82.1 Å². The van der Waals surface area contributed by atoms with Crippen molar-refractivity contribution in [2.75, 3.05) is 77.6 Å². The van der Waals surface area contributed by atoms with Crippen LogP contribution in [0.3, 0.4) is 0 Å². The third-order valence-corrected chi connectivity index (χ3v) is 5.94. The number of nitrogens with zero attached hydrogens (tertiary/aromatic N) is 5. The Labute approximate surface area is 214 Å². The molecule has 2 fully saturated rings. The molecule has 0 saturated carbocycles. The largest absolute Gasteiger partial charge is 0.492 e. The van der Waals surface area contributed by atoms with Crippen molar-refractivity contribution in [3.63, 3.8) is 0 Å². The number of para-hydroxylation sites is 1. The summed E-state index contributed by atoms with van der Waals surface area (Å²) in [7, 11) is 1.85. The van der Waals surface area contributed by atoms with Crippen molar-refractivity contribution in [2.45, 2.75) is 6.54 Å². The number of rotatable bonds is 7. The topological polar surface area (TPSA) is 65.5 Å². The van der Waals surface area contributed by atoms with E-state index in [1.807, 2.05) is 37.5 Å².